The number of aromatic nitrogens is 3. The molecule has 0 N–H and O–H groups in total. The second kappa shape index (κ2) is 6.44. The van der Waals surface area contributed by atoms with E-state index in [1.807, 2.05) is 26.0 Å². The highest BCUT2D eigenvalue weighted by molar-refractivity contribution is 5.38. The molecule has 1 atom stereocenters. The normalized spacial score (nSPS) is 18.9. The molecule has 2 aromatic heterocycles. The zero-order valence-electron chi connectivity index (χ0n) is 13.5. The summed E-state index contributed by atoms with van der Waals surface area (Å²) < 4.78 is 5.15. The van der Waals surface area contributed by atoms with Crippen molar-refractivity contribution in [1.82, 2.24) is 20.3 Å². The lowest BCUT2D eigenvalue weighted by molar-refractivity contribution is 0.202. The maximum absolute atomic E-state index is 5.15. The van der Waals surface area contributed by atoms with Crippen molar-refractivity contribution < 1.29 is 4.52 Å². The van der Waals surface area contributed by atoms with Crippen LogP contribution in [0.25, 0.3) is 0 Å². The molecule has 0 aliphatic carbocycles. The first kappa shape index (κ1) is 15.0. The molecule has 6 nitrogen and oxygen atoms in total. The molecule has 0 spiro atoms. The van der Waals surface area contributed by atoms with Gasteiger partial charge in [0, 0.05) is 31.7 Å². The fourth-order valence-electron chi connectivity index (χ4n) is 2.96. The van der Waals surface area contributed by atoms with Gasteiger partial charge in [0.2, 0.25) is 0 Å². The Kier molecular flexibility index (Phi) is 4.38. The van der Waals surface area contributed by atoms with E-state index >= 15 is 0 Å². The Balaban J connectivity index is 1.63. The van der Waals surface area contributed by atoms with Gasteiger partial charge < -0.3 is 9.42 Å². The summed E-state index contributed by atoms with van der Waals surface area (Å²) >= 11 is 0. The lowest BCUT2D eigenvalue weighted by Gasteiger charge is -2.37. The van der Waals surface area contributed by atoms with Crippen molar-refractivity contribution in [2.45, 2.75) is 39.3 Å². The molecule has 1 fully saturated rings. The van der Waals surface area contributed by atoms with Crippen molar-refractivity contribution in [2.75, 3.05) is 25.0 Å². The number of nitrogens with zero attached hydrogens (tertiary/aromatic N) is 5. The number of hydrogen-bond donors (Lipinski definition) is 0. The van der Waals surface area contributed by atoms with Crippen LogP contribution in [0.3, 0.4) is 0 Å². The van der Waals surface area contributed by atoms with Crippen LogP contribution in [0.2, 0.25) is 0 Å². The highest BCUT2D eigenvalue weighted by Gasteiger charge is 2.24. The minimum atomic E-state index is 0.494. The van der Waals surface area contributed by atoms with E-state index in [1.165, 1.54) is 12.8 Å². The fourth-order valence-corrected chi connectivity index (χ4v) is 2.96. The Hall–Kier alpha value is -1.95. The summed E-state index contributed by atoms with van der Waals surface area (Å²) in [7, 11) is 2.15. The summed E-state index contributed by atoms with van der Waals surface area (Å²) in [4.78, 5) is 4.68. The molecule has 6 heteroatoms. The first-order valence-electron chi connectivity index (χ1n) is 7.79. The van der Waals surface area contributed by atoms with E-state index in [0.29, 0.717) is 6.04 Å². The van der Waals surface area contributed by atoms with Crippen molar-refractivity contribution >= 4 is 5.82 Å². The van der Waals surface area contributed by atoms with Crippen LogP contribution in [0, 0.1) is 13.8 Å². The Bertz CT molecular complexity index is 609. The van der Waals surface area contributed by atoms with Gasteiger partial charge in [-0.3, -0.25) is 4.90 Å². The molecular weight excluding hydrogens is 278 g/mol. The first-order valence-corrected chi connectivity index (χ1v) is 7.79. The second-order valence-corrected chi connectivity index (χ2v) is 6.12. The standard InChI is InChI=1S/C16H23N5O/c1-12-6-7-16(18-17-12)21-8-4-5-15(11-21)20(3)10-14-9-13(2)22-19-14/h6-7,9,15H,4-5,8,10-11H2,1-3H3/t15-/m0/s1. The zero-order valence-corrected chi connectivity index (χ0v) is 13.5. The minimum absolute atomic E-state index is 0.494. The summed E-state index contributed by atoms with van der Waals surface area (Å²) in [6.45, 7) is 6.73. The van der Waals surface area contributed by atoms with Gasteiger partial charge in [0.25, 0.3) is 0 Å². The number of anilines is 1. The quantitative estimate of drug-likeness (QED) is 0.862. The van der Waals surface area contributed by atoms with Gasteiger partial charge in [-0.05, 0) is 45.9 Å². The molecule has 0 aromatic carbocycles. The van der Waals surface area contributed by atoms with Crippen LogP contribution in [0.15, 0.2) is 22.7 Å². The summed E-state index contributed by atoms with van der Waals surface area (Å²) in [5.41, 5.74) is 1.95. The van der Waals surface area contributed by atoms with Gasteiger partial charge in [-0.1, -0.05) is 5.16 Å². The van der Waals surface area contributed by atoms with E-state index in [2.05, 4.69) is 38.3 Å². The Morgan fingerprint density at radius 3 is 2.86 bits per heavy atom. The topological polar surface area (TPSA) is 58.3 Å². The molecule has 1 aliphatic rings. The fraction of sp³-hybridized carbons (Fsp3) is 0.562. The average molecular weight is 301 g/mol. The van der Waals surface area contributed by atoms with Crippen LogP contribution in [-0.2, 0) is 6.54 Å². The first-order chi connectivity index (χ1) is 10.6. The highest BCUT2D eigenvalue weighted by atomic mass is 16.5. The Morgan fingerprint density at radius 2 is 2.18 bits per heavy atom. The molecule has 22 heavy (non-hydrogen) atoms. The Labute approximate surface area is 131 Å². The number of rotatable bonds is 4. The van der Waals surface area contributed by atoms with Gasteiger partial charge in [0.15, 0.2) is 5.82 Å². The number of hydrogen-bond acceptors (Lipinski definition) is 6. The van der Waals surface area contributed by atoms with Gasteiger partial charge in [-0.25, -0.2) is 0 Å². The van der Waals surface area contributed by atoms with Crippen molar-refractivity contribution in [3.63, 3.8) is 0 Å². The minimum Gasteiger partial charge on any atom is -0.361 e. The summed E-state index contributed by atoms with van der Waals surface area (Å²) in [6.07, 6.45) is 2.37. The molecule has 0 saturated carbocycles. The van der Waals surface area contributed by atoms with Crippen LogP contribution in [0.4, 0.5) is 5.82 Å². The monoisotopic (exact) mass is 301 g/mol. The predicted octanol–water partition coefficient (Wildman–Crippen LogP) is 2.18. The maximum atomic E-state index is 5.15. The molecule has 0 bridgehead atoms. The van der Waals surface area contributed by atoms with Crippen LogP contribution < -0.4 is 4.90 Å². The molecule has 3 heterocycles. The van der Waals surface area contributed by atoms with Crippen LogP contribution in [-0.4, -0.2) is 46.4 Å². The lowest BCUT2D eigenvalue weighted by atomic mass is 10.0. The van der Waals surface area contributed by atoms with E-state index in [4.69, 9.17) is 4.52 Å². The number of piperidine rings is 1. The largest absolute Gasteiger partial charge is 0.361 e. The number of aryl methyl sites for hydroxylation is 2. The molecule has 118 valence electrons. The Morgan fingerprint density at radius 1 is 1.32 bits per heavy atom. The SMILES string of the molecule is Cc1ccc(N2CCC[C@H](N(C)Cc3cc(C)on3)C2)nn1. The van der Waals surface area contributed by atoms with Crippen molar-refractivity contribution in [3.05, 3.63) is 35.3 Å². The van der Waals surface area contributed by atoms with E-state index in [-0.39, 0.29) is 0 Å². The van der Waals surface area contributed by atoms with Crippen molar-refractivity contribution in [2.24, 2.45) is 0 Å². The van der Waals surface area contributed by atoms with Gasteiger partial charge in [-0.2, -0.15) is 5.10 Å². The molecule has 1 saturated heterocycles. The third-order valence-corrected chi connectivity index (χ3v) is 4.22. The third-order valence-electron chi connectivity index (χ3n) is 4.22. The molecular formula is C16H23N5O. The summed E-state index contributed by atoms with van der Waals surface area (Å²) in [5, 5.41) is 12.6. The number of likely N-dealkylation sites (N-methyl/N-ethyl adjacent to an activating group) is 1. The molecule has 0 radical (unpaired) electrons. The molecule has 0 unspecified atom stereocenters. The van der Waals surface area contributed by atoms with Crippen LogP contribution in [0.5, 0.6) is 0 Å². The van der Waals surface area contributed by atoms with E-state index in [1.54, 1.807) is 0 Å². The van der Waals surface area contributed by atoms with Crippen LogP contribution >= 0.6 is 0 Å². The van der Waals surface area contributed by atoms with E-state index < -0.39 is 0 Å². The summed E-state index contributed by atoms with van der Waals surface area (Å²) in [5.74, 6) is 1.84. The maximum Gasteiger partial charge on any atom is 0.151 e. The molecule has 1 aliphatic heterocycles. The summed E-state index contributed by atoms with van der Waals surface area (Å²) in [6, 6.07) is 6.58. The van der Waals surface area contributed by atoms with Gasteiger partial charge in [0.05, 0.1) is 11.4 Å². The zero-order chi connectivity index (χ0) is 15.5. The van der Waals surface area contributed by atoms with Crippen molar-refractivity contribution in [3.8, 4) is 0 Å². The van der Waals surface area contributed by atoms with Crippen LogP contribution in [0.1, 0.15) is 30.0 Å². The third kappa shape index (κ3) is 3.44. The van der Waals surface area contributed by atoms with E-state index in [0.717, 1.165) is 42.6 Å². The lowest BCUT2D eigenvalue weighted by Crippen LogP contribution is -2.46. The average Bonchev–Trinajstić information content (AvgIpc) is 2.93. The molecule has 3 rings (SSSR count). The van der Waals surface area contributed by atoms with Gasteiger partial charge in [-0.15, -0.1) is 5.10 Å². The highest BCUT2D eigenvalue weighted by Crippen LogP contribution is 2.21. The predicted molar refractivity (Wildman–Crippen MR) is 84.7 cm³/mol. The van der Waals surface area contributed by atoms with Crippen molar-refractivity contribution in [1.29, 1.82) is 0 Å². The van der Waals surface area contributed by atoms with Gasteiger partial charge >= 0.3 is 0 Å². The smallest absolute Gasteiger partial charge is 0.151 e. The second-order valence-electron chi connectivity index (χ2n) is 6.12. The van der Waals surface area contributed by atoms with Gasteiger partial charge in [0.1, 0.15) is 5.76 Å². The van der Waals surface area contributed by atoms with E-state index in [9.17, 15) is 0 Å². The molecule has 0 amide bonds. The molecule has 2 aromatic rings.